The zero-order valence-corrected chi connectivity index (χ0v) is 11.5. The number of nitrogens with two attached hydrogens (primary N) is 1. The molecule has 0 saturated heterocycles. The number of ketones is 1. The van der Waals surface area contributed by atoms with Gasteiger partial charge < -0.3 is 5.73 Å². The van der Waals surface area contributed by atoms with Crippen molar-refractivity contribution in [1.29, 1.82) is 0 Å². The molecule has 0 aromatic heterocycles. The van der Waals surface area contributed by atoms with Crippen molar-refractivity contribution in [1.82, 2.24) is 0 Å². The summed E-state index contributed by atoms with van der Waals surface area (Å²) in [6, 6.07) is 9.30. The molecular weight excluding hydrogens is 303 g/mol. The highest BCUT2D eigenvalue weighted by molar-refractivity contribution is 6.30. The van der Waals surface area contributed by atoms with Crippen LogP contribution in [0.5, 0.6) is 0 Å². The van der Waals surface area contributed by atoms with Crippen LogP contribution in [0.1, 0.15) is 21.5 Å². The van der Waals surface area contributed by atoms with Crippen LogP contribution in [0.2, 0.25) is 5.02 Å². The van der Waals surface area contributed by atoms with Gasteiger partial charge in [0.1, 0.15) is 0 Å². The summed E-state index contributed by atoms with van der Waals surface area (Å²) >= 11 is 5.81. The highest BCUT2D eigenvalue weighted by Gasteiger charge is 2.31. The van der Waals surface area contributed by atoms with Crippen molar-refractivity contribution in [3.05, 3.63) is 64.2 Å². The van der Waals surface area contributed by atoms with E-state index in [0.29, 0.717) is 10.6 Å². The normalized spacial score (nSPS) is 11.4. The molecule has 2 nitrogen and oxygen atoms in total. The van der Waals surface area contributed by atoms with Crippen LogP contribution in [0, 0.1) is 0 Å². The summed E-state index contributed by atoms with van der Waals surface area (Å²) < 4.78 is 38.0. The van der Waals surface area contributed by atoms with Gasteiger partial charge in [-0.2, -0.15) is 13.2 Å². The summed E-state index contributed by atoms with van der Waals surface area (Å²) in [7, 11) is 0. The Balaban J connectivity index is 2.31. The summed E-state index contributed by atoms with van der Waals surface area (Å²) in [5, 5.41) is 0.456. The standard InChI is InChI=1S/C15H11ClF3NO/c16-11-3-1-2-9(6-11)7-14(21)12-8-10(15(17,18)19)4-5-13(12)20/h1-6,8H,7,20H2. The van der Waals surface area contributed by atoms with Crippen LogP contribution in [0.4, 0.5) is 18.9 Å². The fraction of sp³-hybridized carbons (Fsp3) is 0.133. The Labute approximate surface area is 124 Å². The third-order valence-corrected chi connectivity index (χ3v) is 3.17. The van der Waals surface area contributed by atoms with Crippen molar-refractivity contribution in [3.63, 3.8) is 0 Å². The average Bonchev–Trinajstić information content (AvgIpc) is 2.37. The predicted octanol–water partition coefficient (Wildman–Crippen LogP) is 4.37. The molecule has 0 saturated carbocycles. The lowest BCUT2D eigenvalue weighted by molar-refractivity contribution is -0.137. The molecule has 2 aromatic carbocycles. The number of hydrogen-bond acceptors (Lipinski definition) is 2. The first kappa shape index (κ1) is 15.4. The van der Waals surface area contributed by atoms with Crippen LogP contribution in [0.3, 0.4) is 0 Å². The minimum atomic E-state index is -4.52. The topological polar surface area (TPSA) is 43.1 Å². The van der Waals surface area contributed by atoms with E-state index in [1.165, 1.54) is 0 Å². The molecule has 0 amide bonds. The quantitative estimate of drug-likeness (QED) is 0.675. The van der Waals surface area contributed by atoms with Crippen molar-refractivity contribution < 1.29 is 18.0 Å². The molecule has 0 spiro atoms. The average molecular weight is 314 g/mol. The molecule has 0 aliphatic rings. The molecule has 0 radical (unpaired) electrons. The fourth-order valence-electron chi connectivity index (χ4n) is 1.90. The maximum atomic E-state index is 12.7. The van der Waals surface area contributed by atoms with Gasteiger partial charge in [0.25, 0.3) is 0 Å². The maximum Gasteiger partial charge on any atom is 0.416 e. The van der Waals surface area contributed by atoms with Crippen molar-refractivity contribution >= 4 is 23.1 Å². The van der Waals surface area contributed by atoms with E-state index in [0.717, 1.165) is 18.2 Å². The highest BCUT2D eigenvalue weighted by Crippen LogP contribution is 2.31. The Bertz CT molecular complexity index is 683. The van der Waals surface area contributed by atoms with Crippen LogP contribution >= 0.6 is 11.6 Å². The van der Waals surface area contributed by atoms with Gasteiger partial charge in [0.05, 0.1) is 5.56 Å². The third kappa shape index (κ3) is 3.76. The van der Waals surface area contributed by atoms with Crippen LogP contribution < -0.4 is 5.73 Å². The van der Waals surface area contributed by atoms with Gasteiger partial charge in [-0.1, -0.05) is 23.7 Å². The zero-order chi connectivity index (χ0) is 15.6. The lowest BCUT2D eigenvalue weighted by Crippen LogP contribution is -2.11. The number of alkyl halides is 3. The van der Waals surface area contributed by atoms with Gasteiger partial charge >= 0.3 is 6.18 Å². The Morgan fingerprint density at radius 2 is 1.86 bits per heavy atom. The molecule has 6 heteroatoms. The Kier molecular flexibility index (Phi) is 4.23. The Morgan fingerprint density at radius 1 is 1.14 bits per heavy atom. The first-order valence-corrected chi connectivity index (χ1v) is 6.39. The first-order valence-electron chi connectivity index (χ1n) is 6.02. The molecule has 2 aromatic rings. The van der Waals surface area contributed by atoms with Gasteiger partial charge in [-0.15, -0.1) is 0 Å². The largest absolute Gasteiger partial charge is 0.416 e. The van der Waals surface area contributed by atoms with Crippen molar-refractivity contribution in [2.24, 2.45) is 0 Å². The van der Waals surface area contributed by atoms with E-state index in [2.05, 4.69) is 0 Å². The van der Waals surface area contributed by atoms with E-state index in [-0.39, 0.29) is 17.7 Å². The Morgan fingerprint density at radius 3 is 2.48 bits per heavy atom. The van der Waals surface area contributed by atoms with Crippen LogP contribution in [-0.4, -0.2) is 5.78 Å². The van der Waals surface area contributed by atoms with E-state index < -0.39 is 17.5 Å². The van der Waals surface area contributed by atoms with E-state index in [1.807, 2.05) is 0 Å². The summed E-state index contributed by atoms with van der Waals surface area (Å²) in [5.74, 6) is -0.485. The molecule has 0 aliphatic heterocycles. The molecular formula is C15H11ClF3NO. The van der Waals surface area contributed by atoms with Crippen LogP contribution in [0.25, 0.3) is 0 Å². The lowest BCUT2D eigenvalue weighted by Gasteiger charge is -2.10. The summed E-state index contributed by atoms with van der Waals surface area (Å²) in [4.78, 5) is 12.1. The van der Waals surface area contributed by atoms with Gasteiger partial charge in [0.15, 0.2) is 5.78 Å². The van der Waals surface area contributed by atoms with Gasteiger partial charge in [-0.05, 0) is 35.9 Å². The number of halogens is 4. The molecule has 2 rings (SSSR count). The van der Waals surface area contributed by atoms with Crippen molar-refractivity contribution in [2.75, 3.05) is 5.73 Å². The maximum absolute atomic E-state index is 12.7. The minimum Gasteiger partial charge on any atom is -0.398 e. The molecule has 0 fully saturated rings. The zero-order valence-electron chi connectivity index (χ0n) is 10.7. The monoisotopic (exact) mass is 313 g/mol. The molecule has 0 atom stereocenters. The molecule has 110 valence electrons. The van der Waals surface area contributed by atoms with Crippen molar-refractivity contribution in [2.45, 2.75) is 12.6 Å². The van der Waals surface area contributed by atoms with E-state index >= 15 is 0 Å². The third-order valence-electron chi connectivity index (χ3n) is 2.93. The van der Waals surface area contributed by atoms with Crippen molar-refractivity contribution in [3.8, 4) is 0 Å². The predicted molar refractivity (Wildman–Crippen MR) is 75.3 cm³/mol. The van der Waals surface area contributed by atoms with Gasteiger partial charge in [0, 0.05) is 22.7 Å². The summed E-state index contributed by atoms with van der Waals surface area (Å²) in [6.45, 7) is 0. The summed E-state index contributed by atoms with van der Waals surface area (Å²) in [5.41, 5.74) is 5.21. The number of Topliss-reactive ketones (excluding diaryl/α,β-unsaturated/α-hetero) is 1. The number of benzene rings is 2. The molecule has 0 heterocycles. The first-order chi connectivity index (χ1) is 9.77. The smallest absolute Gasteiger partial charge is 0.398 e. The van der Waals surface area contributed by atoms with Crippen LogP contribution in [0.15, 0.2) is 42.5 Å². The molecule has 0 bridgehead atoms. The number of hydrogen-bond donors (Lipinski definition) is 1. The van der Waals surface area contributed by atoms with Gasteiger partial charge in [-0.25, -0.2) is 0 Å². The Hall–Kier alpha value is -2.01. The summed E-state index contributed by atoms with van der Waals surface area (Å²) in [6.07, 6.45) is -4.58. The van der Waals surface area contributed by atoms with Crippen LogP contribution in [-0.2, 0) is 12.6 Å². The fourth-order valence-corrected chi connectivity index (χ4v) is 2.11. The van der Waals surface area contributed by atoms with E-state index in [1.54, 1.807) is 24.3 Å². The SMILES string of the molecule is Nc1ccc(C(F)(F)F)cc1C(=O)Cc1cccc(Cl)c1. The number of rotatable bonds is 3. The minimum absolute atomic E-state index is 0.0232. The van der Waals surface area contributed by atoms with E-state index in [4.69, 9.17) is 17.3 Å². The molecule has 21 heavy (non-hydrogen) atoms. The number of nitrogen functional groups attached to an aromatic ring is 1. The molecule has 0 aliphatic carbocycles. The lowest BCUT2D eigenvalue weighted by atomic mass is 9.99. The molecule has 0 unspecified atom stereocenters. The number of anilines is 1. The second kappa shape index (κ2) is 5.77. The van der Waals surface area contributed by atoms with E-state index in [9.17, 15) is 18.0 Å². The second-order valence-electron chi connectivity index (χ2n) is 4.53. The van der Waals surface area contributed by atoms with Gasteiger partial charge in [-0.3, -0.25) is 4.79 Å². The number of carbonyl (C=O) groups excluding carboxylic acids is 1. The highest BCUT2D eigenvalue weighted by atomic mass is 35.5. The number of carbonyl (C=O) groups is 1. The second-order valence-corrected chi connectivity index (χ2v) is 4.97. The van der Waals surface area contributed by atoms with Gasteiger partial charge in [0.2, 0.25) is 0 Å². The molecule has 2 N–H and O–H groups in total.